The van der Waals surface area contributed by atoms with Gasteiger partial charge in [0.05, 0.1) is 0 Å². The van der Waals surface area contributed by atoms with E-state index in [4.69, 9.17) is 5.11 Å². The zero-order chi connectivity index (χ0) is 9.84. The smallest absolute Gasteiger partial charge is 0.325 e. The number of likely N-dealkylation sites (N-methyl/N-ethyl adjacent to an activating group) is 1. The maximum Gasteiger partial charge on any atom is 0.325 e. The Balaban J connectivity index is 2.92. The maximum absolute atomic E-state index is 12.5. The van der Waals surface area contributed by atoms with Gasteiger partial charge in [-0.2, -0.15) is 0 Å². The predicted molar refractivity (Wildman–Crippen MR) is 45.8 cm³/mol. The van der Waals surface area contributed by atoms with Crippen molar-refractivity contribution in [3.05, 3.63) is 35.6 Å². The summed E-state index contributed by atoms with van der Waals surface area (Å²) in [5.74, 6) is -1.35. The van der Waals surface area contributed by atoms with Gasteiger partial charge in [-0.05, 0) is 24.7 Å². The van der Waals surface area contributed by atoms with Crippen molar-refractivity contribution in [1.82, 2.24) is 5.32 Å². The van der Waals surface area contributed by atoms with E-state index in [-0.39, 0.29) is 5.82 Å². The minimum Gasteiger partial charge on any atom is -0.480 e. The van der Waals surface area contributed by atoms with Gasteiger partial charge in [0.15, 0.2) is 0 Å². The molecular weight excluding hydrogens is 173 g/mol. The lowest BCUT2D eigenvalue weighted by Gasteiger charge is -2.10. The number of benzene rings is 1. The third kappa shape index (κ3) is 2.26. The summed E-state index contributed by atoms with van der Waals surface area (Å²) >= 11 is 0. The normalized spacial score (nSPS) is 12.5. The van der Waals surface area contributed by atoms with Crippen LogP contribution in [0.5, 0.6) is 0 Å². The molecule has 0 saturated heterocycles. The van der Waals surface area contributed by atoms with Crippen LogP contribution in [0.2, 0.25) is 0 Å². The van der Waals surface area contributed by atoms with Crippen LogP contribution in [0.1, 0.15) is 11.6 Å². The fraction of sp³-hybridized carbons (Fsp3) is 0.222. The van der Waals surface area contributed by atoms with E-state index in [0.29, 0.717) is 5.56 Å². The Morgan fingerprint density at radius 1 is 1.46 bits per heavy atom. The number of hydrogen-bond acceptors (Lipinski definition) is 2. The third-order valence-corrected chi connectivity index (χ3v) is 1.74. The fourth-order valence-electron chi connectivity index (χ4n) is 1.09. The van der Waals surface area contributed by atoms with E-state index in [1.165, 1.54) is 24.3 Å². The van der Waals surface area contributed by atoms with Crippen LogP contribution >= 0.6 is 0 Å². The second-order valence-electron chi connectivity index (χ2n) is 2.61. The van der Waals surface area contributed by atoms with Crippen molar-refractivity contribution >= 4 is 5.97 Å². The molecule has 0 saturated carbocycles. The van der Waals surface area contributed by atoms with Crippen LogP contribution in [0.15, 0.2) is 24.3 Å². The standard InChI is InChI=1S/C9H10FNO2/c1-11-8(9(12)13)6-2-4-7(10)5-3-6/h2-5,8,11H,1H3,(H,12,13)/t8-/m0/s1. The van der Waals surface area contributed by atoms with E-state index in [9.17, 15) is 9.18 Å². The molecule has 13 heavy (non-hydrogen) atoms. The molecule has 0 aliphatic heterocycles. The highest BCUT2D eigenvalue weighted by Gasteiger charge is 2.16. The number of rotatable bonds is 3. The third-order valence-electron chi connectivity index (χ3n) is 1.74. The van der Waals surface area contributed by atoms with Crippen molar-refractivity contribution in [2.24, 2.45) is 0 Å². The molecule has 0 fully saturated rings. The van der Waals surface area contributed by atoms with Crippen LogP contribution < -0.4 is 5.32 Å². The van der Waals surface area contributed by atoms with Gasteiger partial charge in [-0.15, -0.1) is 0 Å². The molecule has 0 heterocycles. The number of aliphatic carboxylic acids is 1. The molecular formula is C9H10FNO2. The summed E-state index contributed by atoms with van der Waals surface area (Å²) in [5, 5.41) is 11.4. The summed E-state index contributed by atoms with van der Waals surface area (Å²) in [6.45, 7) is 0. The first-order valence-corrected chi connectivity index (χ1v) is 3.80. The molecule has 4 heteroatoms. The summed E-state index contributed by atoms with van der Waals surface area (Å²) < 4.78 is 12.5. The van der Waals surface area contributed by atoms with Crippen molar-refractivity contribution in [2.75, 3.05) is 7.05 Å². The molecule has 0 aliphatic rings. The van der Waals surface area contributed by atoms with Crippen molar-refractivity contribution in [2.45, 2.75) is 6.04 Å². The number of carbonyl (C=O) groups is 1. The number of hydrogen-bond donors (Lipinski definition) is 2. The molecule has 0 spiro atoms. The maximum atomic E-state index is 12.5. The van der Waals surface area contributed by atoms with E-state index in [1.807, 2.05) is 0 Å². The fourth-order valence-corrected chi connectivity index (χ4v) is 1.09. The molecule has 1 atom stereocenters. The van der Waals surface area contributed by atoms with Gasteiger partial charge in [-0.1, -0.05) is 12.1 Å². The zero-order valence-corrected chi connectivity index (χ0v) is 7.12. The number of nitrogens with one attached hydrogen (secondary N) is 1. The second-order valence-corrected chi connectivity index (χ2v) is 2.61. The summed E-state index contributed by atoms with van der Waals surface area (Å²) in [6.07, 6.45) is 0. The molecule has 0 aromatic heterocycles. The first-order valence-electron chi connectivity index (χ1n) is 3.80. The lowest BCUT2D eigenvalue weighted by atomic mass is 10.1. The first-order chi connectivity index (χ1) is 6.15. The molecule has 3 nitrogen and oxygen atoms in total. The molecule has 0 amide bonds. The zero-order valence-electron chi connectivity index (χ0n) is 7.12. The summed E-state index contributed by atoms with van der Waals surface area (Å²) in [7, 11) is 1.54. The van der Waals surface area contributed by atoms with E-state index in [1.54, 1.807) is 7.05 Å². The summed E-state index contributed by atoms with van der Waals surface area (Å²) in [5.41, 5.74) is 0.538. The van der Waals surface area contributed by atoms with Gasteiger partial charge >= 0.3 is 5.97 Å². The minimum atomic E-state index is -0.978. The van der Waals surface area contributed by atoms with Gasteiger partial charge in [-0.3, -0.25) is 4.79 Å². The number of carboxylic acids is 1. The largest absolute Gasteiger partial charge is 0.480 e. The highest BCUT2D eigenvalue weighted by Crippen LogP contribution is 2.12. The van der Waals surface area contributed by atoms with Gasteiger partial charge in [0.25, 0.3) is 0 Å². The van der Waals surface area contributed by atoms with Gasteiger partial charge < -0.3 is 10.4 Å². The average Bonchev–Trinajstić information content (AvgIpc) is 2.09. The molecule has 1 rings (SSSR count). The molecule has 2 N–H and O–H groups in total. The summed E-state index contributed by atoms with van der Waals surface area (Å²) in [6, 6.07) is 4.60. The van der Waals surface area contributed by atoms with Crippen molar-refractivity contribution < 1.29 is 14.3 Å². The molecule has 0 radical (unpaired) electrons. The van der Waals surface area contributed by atoms with Gasteiger partial charge in [0.1, 0.15) is 11.9 Å². The Hall–Kier alpha value is -1.42. The predicted octanol–water partition coefficient (Wildman–Crippen LogP) is 1.17. The van der Waals surface area contributed by atoms with Gasteiger partial charge in [0.2, 0.25) is 0 Å². The van der Waals surface area contributed by atoms with Crippen LogP contribution in [-0.4, -0.2) is 18.1 Å². The molecule has 0 bridgehead atoms. The molecule has 70 valence electrons. The highest BCUT2D eigenvalue weighted by atomic mass is 19.1. The Labute approximate surface area is 75.2 Å². The second kappa shape index (κ2) is 4.00. The van der Waals surface area contributed by atoms with E-state index in [2.05, 4.69) is 5.32 Å². The average molecular weight is 183 g/mol. The number of halogens is 1. The highest BCUT2D eigenvalue weighted by molar-refractivity contribution is 5.75. The van der Waals surface area contributed by atoms with E-state index in [0.717, 1.165) is 0 Å². The molecule has 0 aliphatic carbocycles. The van der Waals surface area contributed by atoms with Crippen molar-refractivity contribution in [3.8, 4) is 0 Å². The number of carboxylic acid groups (broad SMARTS) is 1. The summed E-state index contributed by atoms with van der Waals surface area (Å²) in [4.78, 5) is 10.7. The Morgan fingerprint density at radius 2 is 2.00 bits per heavy atom. The van der Waals surface area contributed by atoms with Crippen molar-refractivity contribution in [3.63, 3.8) is 0 Å². The lowest BCUT2D eigenvalue weighted by Crippen LogP contribution is -2.24. The van der Waals surface area contributed by atoms with Crippen LogP contribution in [0.4, 0.5) is 4.39 Å². The molecule has 1 aromatic rings. The Morgan fingerprint density at radius 3 is 2.38 bits per heavy atom. The van der Waals surface area contributed by atoms with Crippen LogP contribution in [0.25, 0.3) is 0 Å². The van der Waals surface area contributed by atoms with Crippen LogP contribution in [0, 0.1) is 5.82 Å². The van der Waals surface area contributed by atoms with Crippen LogP contribution in [-0.2, 0) is 4.79 Å². The SMILES string of the molecule is CN[C@H](C(=O)O)c1ccc(F)cc1. The van der Waals surface area contributed by atoms with E-state index >= 15 is 0 Å². The monoisotopic (exact) mass is 183 g/mol. The van der Waals surface area contributed by atoms with Crippen LogP contribution in [0.3, 0.4) is 0 Å². The molecule has 1 aromatic carbocycles. The lowest BCUT2D eigenvalue weighted by molar-refractivity contribution is -0.139. The minimum absolute atomic E-state index is 0.371. The van der Waals surface area contributed by atoms with Gasteiger partial charge in [-0.25, -0.2) is 4.39 Å². The molecule has 0 unspecified atom stereocenters. The Bertz CT molecular complexity index is 297. The Kier molecular flexibility index (Phi) is 2.97. The van der Waals surface area contributed by atoms with E-state index < -0.39 is 12.0 Å². The topological polar surface area (TPSA) is 49.3 Å². The first kappa shape index (κ1) is 9.67. The van der Waals surface area contributed by atoms with Gasteiger partial charge in [0, 0.05) is 0 Å². The quantitative estimate of drug-likeness (QED) is 0.739. The van der Waals surface area contributed by atoms with Crippen molar-refractivity contribution in [1.29, 1.82) is 0 Å².